The summed E-state index contributed by atoms with van der Waals surface area (Å²) in [5, 5.41) is 9.45. The number of carbonyl (C=O) groups excluding carboxylic acids is 1. The molecule has 0 saturated carbocycles. The molecular weight excluding hydrogens is 326 g/mol. The molecule has 8 heteroatoms. The van der Waals surface area contributed by atoms with Gasteiger partial charge < -0.3 is 24.5 Å². The number of nitrogens with one attached hydrogen (secondary N) is 1. The van der Waals surface area contributed by atoms with Crippen molar-refractivity contribution in [2.45, 2.75) is 31.8 Å². The van der Waals surface area contributed by atoms with E-state index in [1.807, 2.05) is 18.2 Å². The molecule has 2 N–H and O–H groups in total. The number of benzene rings is 1. The number of rotatable bonds is 4. The molecule has 2 aromatic rings. The van der Waals surface area contributed by atoms with E-state index in [-0.39, 0.29) is 32.1 Å². The largest absolute Gasteiger partial charge is 0.480 e. The van der Waals surface area contributed by atoms with Crippen molar-refractivity contribution in [3.05, 3.63) is 41.5 Å². The summed E-state index contributed by atoms with van der Waals surface area (Å²) in [6.07, 6.45) is 2.50. The molecule has 1 amide bonds. The van der Waals surface area contributed by atoms with Gasteiger partial charge in [-0.25, -0.2) is 9.78 Å². The number of nitrogens with zero attached hydrogens (tertiary/aromatic N) is 2. The van der Waals surface area contributed by atoms with Crippen LogP contribution < -0.4 is 9.47 Å². The number of aryl methyl sites for hydroxylation is 1. The Bertz CT molecular complexity index is 831. The third-order valence-electron chi connectivity index (χ3n) is 4.57. The number of aliphatic carboxylic acids is 1. The molecule has 0 aliphatic carbocycles. The fourth-order valence-electron chi connectivity index (χ4n) is 3.21. The molecule has 8 nitrogen and oxygen atoms in total. The van der Waals surface area contributed by atoms with Crippen LogP contribution in [0.25, 0.3) is 0 Å². The predicted octanol–water partition coefficient (Wildman–Crippen LogP) is 1.11. The van der Waals surface area contributed by atoms with Crippen molar-refractivity contribution in [2.24, 2.45) is 0 Å². The predicted molar refractivity (Wildman–Crippen MR) is 85.2 cm³/mol. The van der Waals surface area contributed by atoms with Crippen molar-refractivity contribution in [3.63, 3.8) is 0 Å². The van der Waals surface area contributed by atoms with Gasteiger partial charge in [0, 0.05) is 12.8 Å². The van der Waals surface area contributed by atoms with Crippen LogP contribution >= 0.6 is 0 Å². The Balaban J connectivity index is 1.45. The lowest BCUT2D eigenvalue weighted by Crippen LogP contribution is -2.48. The number of hydrogen-bond donors (Lipinski definition) is 2. The number of carbonyl (C=O) groups is 2. The van der Waals surface area contributed by atoms with Crippen LogP contribution in [0, 0.1) is 0 Å². The smallest absolute Gasteiger partial charge is 0.326 e. The summed E-state index contributed by atoms with van der Waals surface area (Å²) in [4.78, 5) is 32.7. The third-order valence-corrected chi connectivity index (χ3v) is 4.57. The molecule has 0 radical (unpaired) electrons. The minimum absolute atomic E-state index is 0.190. The Labute approximate surface area is 143 Å². The van der Waals surface area contributed by atoms with Gasteiger partial charge in [0.05, 0.1) is 24.3 Å². The van der Waals surface area contributed by atoms with E-state index in [1.54, 1.807) is 0 Å². The zero-order valence-corrected chi connectivity index (χ0v) is 13.4. The summed E-state index contributed by atoms with van der Waals surface area (Å²) in [5.74, 6) is 0.174. The number of imidazole rings is 1. The Morgan fingerprint density at radius 3 is 3.00 bits per heavy atom. The highest BCUT2D eigenvalue weighted by Gasteiger charge is 2.35. The Morgan fingerprint density at radius 2 is 2.16 bits per heavy atom. The number of fused-ring (bicyclic) bond motifs is 2. The van der Waals surface area contributed by atoms with Gasteiger partial charge in [0.1, 0.15) is 6.04 Å². The number of aromatic nitrogens is 2. The molecule has 0 unspecified atom stereocenters. The highest BCUT2D eigenvalue weighted by atomic mass is 16.7. The van der Waals surface area contributed by atoms with E-state index in [2.05, 4.69) is 9.97 Å². The van der Waals surface area contributed by atoms with Crippen LogP contribution in [0.5, 0.6) is 11.5 Å². The van der Waals surface area contributed by atoms with Crippen LogP contribution in [0.4, 0.5) is 0 Å². The fraction of sp³-hybridized carbons (Fsp3) is 0.353. The van der Waals surface area contributed by atoms with Crippen LogP contribution in [-0.4, -0.2) is 44.7 Å². The standard InChI is InChI=1S/C17H17N3O5/c21-16(4-2-10-1-3-14-15(5-10)25-9-24-14)20-7-12-11(18-8-19-12)6-13(20)17(22)23/h1,3,5,8,13H,2,4,6-7,9H2,(H,18,19)(H,22,23)/t13-/m0/s1. The Kier molecular flexibility index (Phi) is 3.79. The highest BCUT2D eigenvalue weighted by Crippen LogP contribution is 2.33. The first kappa shape index (κ1) is 15.5. The molecule has 0 spiro atoms. The minimum Gasteiger partial charge on any atom is -0.480 e. The van der Waals surface area contributed by atoms with Gasteiger partial charge in [0.15, 0.2) is 11.5 Å². The van der Waals surface area contributed by atoms with Crippen LogP contribution in [0.3, 0.4) is 0 Å². The van der Waals surface area contributed by atoms with Crippen molar-refractivity contribution in [3.8, 4) is 11.5 Å². The first-order chi connectivity index (χ1) is 12.1. The normalized spacial score (nSPS) is 18.1. The number of carboxylic acid groups (broad SMARTS) is 1. The van der Waals surface area contributed by atoms with E-state index in [0.29, 0.717) is 23.6 Å². The average molecular weight is 343 g/mol. The molecule has 1 aromatic carbocycles. The van der Waals surface area contributed by atoms with Crippen molar-refractivity contribution >= 4 is 11.9 Å². The molecular formula is C17H17N3O5. The first-order valence-electron chi connectivity index (χ1n) is 8.04. The van der Waals surface area contributed by atoms with Crippen LogP contribution in [0.15, 0.2) is 24.5 Å². The van der Waals surface area contributed by atoms with Gasteiger partial charge in [-0.2, -0.15) is 0 Å². The number of H-pyrrole nitrogens is 1. The van der Waals surface area contributed by atoms with E-state index in [1.165, 1.54) is 11.2 Å². The van der Waals surface area contributed by atoms with Crippen molar-refractivity contribution < 1.29 is 24.2 Å². The van der Waals surface area contributed by atoms with Crippen LogP contribution in [-0.2, 0) is 29.0 Å². The molecule has 0 saturated heterocycles. The van der Waals surface area contributed by atoms with Crippen molar-refractivity contribution in [2.75, 3.05) is 6.79 Å². The minimum atomic E-state index is -1.01. The van der Waals surface area contributed by atoms with E-state index in [4.69, 9.17) is 9.47 Å². The SMILES string of the molecule is O=C(O)[C@@H]1Cc2nc[nH]c2CN1C(=O)CCc1ccc2c(c1)OCO2. The van der Waals surface area contributed by atoms with Gasteiger partial charge in [-0.3, -0.25) is 4.79 Å². The Morgan fingerprint density at radius 1 is 1.32 bits per heavy atom. The maximum atomic E-state index is 12.6. The summed E-state index contributed by atoms with van der Waals surface area (Å²) in [5.41, 5.74) is 2.46. The summed E-state index contributed by atoms with van der Waals surface area (Å²) in [7, 11) is 0. The molecule has 130 valence electrons. The zero-order valence-electron chi connectivity index (χ0n) is 13.4. The maximum Gasteiger partial charge on any atom is 0.326 e. The number of aromatic amines is 1. The monoisotopic (exact) mass is 343 g/mol. The quantitative estimate of drug-likeness (QED) is 0.862. The molecule has 0 bridgehead atoms. The molecule has 1 atom stereocenters. The second-order valence-electron chi connectivity index (χ2n) is 6.10. The van der Waals surface area contributed by atoms with Crippen LogP contribution in [0.2, 0.25) is 0 Å². The molecule has 2 aliphatic heterocycles. The number of hydrogen-bond acceptors (Lipinski definition) is 5. The molecule has 0 fully saturated rings. The summed E-state index contributed by atoms with van der Waals surface area (Å²) < 4.78 is 10.6. The van der Waals surface area contributed by atoms with E-state index in [9.17, 15) is 14.7 Å². The van der Waals surface area contributed by atoms with E-state index >= 15 is 0 Å². The van der Waals surface area contributed by atoms with E-state index < -0.39 is 12.0 Å². The van der Waals surface area contributed by atoms with Gasteiger partial charge in [0.25, 0.3) is 0 Å². The molecule has 3 heterocycles. The van der Waals surface area contributed by atoms with Gasteiger partial charge in [0.2, 0.25) is 12.7 Å². The van der Waals surface area contributed by atoms with Crippen molar-refractivity contribution in [1.29, 1.82) is 0 Å². The highest BCUT2D eigenvalue weighted by molar-refractivity contribution is 5.84. The summed E-state index contributed by atoms with van der Waals surface area (Å²) in [6.45, 7) is 0.449. The van der Waals surface area contributed by atoms with Crippen molar-refractivity contribution in [1.82, 2.24) is 14.9 Å². The fourth-order valence-corrected chi connectivity index (χ4v) is 3.21. The molecule has 2 aliphatic rings. The van der Waals surface area contributed by atoms with Gasteiger partial charge >= 0.3 is 5.97 Å². The number of ether oxygens (including phenoxy) is 2. The molecule has 1 aromatic heterocycles. The second-order valence-corrected chi connectivity index (χ2v) is 6.10. The van der Waals surface area contributed by atoms with Gasteiger partial charge in [-0.15, -0.1) is 0 Å². The topological polar surface area (TPSA) is 105 Å². The average Bonchev–Trinajstić information content (AvgIpc) is 3.26. The molecule has 4 rings (SSSR count). The second kappa shape index (κ2) is 6.12. The number of amides is 1. The number of carboxylic acids is 1. The van der Waals surface area contributed by atoms with E-state index in [0.717, 1.165) is 11.3 Å². The lowest BCUT2D eigenvalue weighted by molar-refractivity contribution is -0.151. The summed E-state index contributed by atoms with van der Waals surface area (Å²) >= 11 is 0. The first-order valence-corrected chi connectivity index (χ1v) is 8.04. The zero-order chi connectivity index (χ0) is 17.4. The Hall–Kier alpha value is -3.03. The third kappa shape index (κ3) is 2.90. The maximum absolute atomic E-state index is 12.6. The lowest BCUT2D eigenvalue weighted by atomic mass is 10.0. The van der Waals surface area contributed by atoms with Gasteiger partial charge in [-0.1, -0.05) is 6.07 Å². The van der Waals surface area contributed by atoms with Crippen LogP contribution in [0.1, 0.15) is 23.4 Å². The van der Waals surface area contributed by atoms with Gasteiger partial charge in [-0.05, 0) is 24.1 Å². The molecule has 25 heavy (non-hydrogen) atoms. The lowest BCUT2D eigenvalue weighted by Gasteiger charge is -2.32. The summed E-state index contributed by atoms with van der Waals surface area (Å²) in [6, 6.07) is 4.69.